The molecule has 0 atom stereocenters. The molecule has 0 aliphatic carbocycles. The molecular formula is C13H17BO3. The molecule has 17 heavy (non-hydrogen) atoms. The molecule has 0 unspecified atom stereocenters. The summed E-state index contributed by atoms with van der Waals surface area (Å²) in [5, 5.41) is 0. The molecule has 2 aliphatic heterocycles. The minimum Gasteiger partial charge on any atom is -0.493 e. The lowest BCUT2D eigenvalue weighted by Gasteiger charge is -2.19. The second kappa shape index (κ2) is 4.04. The predicted octanol–water partition coefficient (Wildman–Crippen LogP) is 1.53. The summed E-state index contributed by atoms with van der Waals surface area (Å²) in [5.74, 6) is 1.01. The molecule has 0 aromatic heterocycles. The minimum atomic E-state index is -0.225. The minimum absolute atomic E-state index is 0.183. The zero-order chi connectivity index (χ0) is 11.9. The van der Waals surface area contributed by atoms with Crippen LogP contribution in [0.1, 0.15) is 25.8 Å². The van der Waals surface area contributed by atoms with Crippen LogP contribution in [0.5, 0.6) is 5.75 Å². The number of fused-ring (bicyclic) bond motifs is 1. The van der Waals surface area contributed by atoms with E-state index in [0.717, 1.165) is 30.7 Å². The van der Waals surface area contributed by atoms with Gasteiger partial charge in [-0.2, -0.15) is 0 Å². The van der Waals surface area contributed by atoms with Crippen molar-refractivity contribution in [1.29, 1.82) is 0 Å². The summed E-state index contributed by atoms with van der Waals surface area (Å²) in [5.41, 5.74) is 2.18. The highest BCUT2D eigenvalue weighted by atomic mass is 16.7. The van der Waals surface area contributed by atoms with Crippen LogP contribution in [0.3, 0.4) is 0 Å². The van der Waals surface area contributed by atoms with E-state index < -0.39 is 0 Å². The number of rotatable bonds is 1. The molecule has 0 N–H and O–H groups in total. The highest BCUT2D eigenvalue weighted by Crippen LogP contribution is 2.25. The van der Waals surface area contributed by atoms with Gasteiger partial charge in [0, 0.05) is 0 Å². The highest BCUT2D eigenvalue weighted by Gasteiger charge is 2.38. The van der Waals surface area contributed by atoms with Crippen molar-refractivity contribution in [1.82, 2.24) is 0 Å². The van der Waals surface area contributed by atoms with Crippen LogP contribution in [0.25, 0.3) is 0 Å². The quantitative estimate of drug-likeness (QED) is 0.687. The Kier molecular flexibility index (Phi) is 2.64. The Morgan fingerprint density at radius 2 is 2.18 bits per heavy atom. The van der Waals surface area contributed by atoms with Gasteiger partial charge in [0.05, 0.1) is 18.8 Å². The first-order chi connectivity index (χ1) is 8.14. The van der Waals surface area contributed by atoms with Gasteiger partial charge in [0.25, 0.3) is 0 Å². The number of hydrogen-bond donors (Lipinski definition) is 0. The van der Waals surface area contributed by atoms with Crippen LogP contribution in [0.2, 0.25) is 0 Å². The maximum absolute atomic E-state index is 5.86. The lowest BCUT2D eigenvalue weighted by atomic mass is 9.78. The average molecular weight is 232 g/mol. The summed E-state index contributed by atoms with van der Waals surface area (Å²) >= 11 is 0. The number of benzene rings is 1. The third kappa shape index (κ3) is 2.19. The smallest absolute Gasteiger partial charge is 0.493 e. The van der Waals surface area contributed by atoms with Gasteiger partial charge in [-0.1, -0.05) is 12.1 Å². The van der Waals surface area contributed by atoms with Crippen LogP contribution in [-0.4, -0.2) is 25.9 Å². The van der Waals surface area contributed by atoms with E-state index in [1.54, 1.807) is 0 Å². The van der Waals surface area contributed by atoms with Crippen LogP contribution in [-0.2, 0) is 15.7 Å². The summed E-state index contributed by atoms with van der Waals surface area (Å²) in [7, 11) is -0.225. The zero-order valence-corrected chi connectivity index (χ0v) is 10.4. The van der Waals surface area contributed by atoms with Gasteiger partial charge < -0.3 is 14.0 Å². The molecule has 2 aliphatic rings. The lowest BCUT2D eigenvalue weighted by Crippen LogP contribution is -2.35. The van der Waals surface area contributed by atoms with E-state index in [1.165, 1.54) is 5.56 Å². The Hall–Kier alpha value is -0.995. The molecule has 90 valence electrons. The van der Waals surface area contributed by atoms with E-state index >= 15 is 0 Å². The van der Waals surface area contributed by atoms with E-state index in [1.807, 2.05) is 12.1 Å². The predicted molar refractivity (Wildman–Crippen MR) is 66.8 cm³/mol. The Balaban J connectivity index is 1.84. The summed E-state index contributed by atoms with van der Waals surface area (Å²) in [6, 6.07) is 6.22. The molecule has 3 rings (SSSR count). The van der Waals surface area contributed by atoms with Crippen molar-refractivity contribution in [2.24, 2.45) is 0 Å². The van der Waals surface area contributed by atoms with Crippen molar-refractivity contribution in [3.63, 3.8) is 0 Å². The van der Waals surface area contributed by atoms with Crippen LogP contribution in [0.4, 0.5) is 0 Å². The number of hydrogen-bond acceptors (Lipinski definition) is 3. The van der Waals surface area contributed by atoms with Crippen LogP contribution >= 0.6 is 0 Å². The SMILES string of the molecule is CC1(C)COB(c2ccc3c(c2)CCCO3)O1. The molecule has 1 aromatic rings. The highest BCUT2D eigenvalue weighted by molar-refractivity contribution is 6.61. The number of ether oxygens (including phenoxy) is 1. The van der Waals surface area contributed by atoms with Crippen molar-refractivity contribution < 1.29 is 14.0 Å². The van der Waals surface area contributed by atoms with Gasteiger partial charge in [0.2, 0.25) is 0 Å². The summed E-state index contributed by atoms with van der Waals surface area (Å²) in [4.78, 5) is 0. The fourth-order valence-electron chi connectivity index (χ4n) is 2.33. The van der Waals surface area contributed by atoms with Gasteiger partial charge in [-0.05, 0) is 43.8 Å². The largest absolute Gasteiger partial charge is 0.494 e. The standard InChI is InChI=1S/C13H17BO3/c1-13(2)9-16-14(17-13)11-5-6-12-10(8-11)4-3-7-15-12/h5-6,8H,3-4,7,9H2,1-2H3. The van der Waals surface area contributed by atoms with E-state index in [-0.39, 0.29) is 12.7 Å². The molecule has 0 spiro atoms. The molecule has 1 saturated heterocycles. The topological polar surface area (TPSA) is 27.7 Å². The average Bonchev–Trinajstić information content (AvgIpc) is 2.69. The maximum atomic E-state index is 5.86. The van der Waals surface area contributed by atoms with Gasteiger partial charge >= 0.3 is 7.12 Å². The second-order valence-electron chi connectivity index (χ2n) is 5.34. The van der Waals surface area contributed by atoms with Gasteiger partial charge in [0.1, 0.15) is 5.75 Å². The Morgan fingerprint density at radius 1 is 1.29 bits per heavy atom. The third-order valence-corrected chi connectivity index (χ3v) is 3.21. The molecular weight excluding hydrogens is 215 g/mol. The molecule has 0 amide bonds. The van der Waals surface area contributed by atoms with Gasteiger partial charge in [-0.25, -0.2) is 0 Å². The first-order valence-corrected chi connectivity index (χ1v) is 6.19. The fourth-order valence-corrected chi connectivity index (χ4v) is 2.33. The normalized spacial score (nSPS) is 22.1. The molecule has 1 fully saturated rings. The maximum Gasteiger partial charge on any atom is 0.494 e. The number of aryl methyl sites for hydroxylation is 1. The van der Waals surface area contributed by atoms with Gasteiger partial charge in [0.15, 0.2) is 0 Å². The zero-order valence-electron chi connectivity index (χ0n) is 10.4. The van der Waals surface area contributed by atoms with E-state index in [9.17, 15) is 0 Å². The summed E-state index contributed by atoms with van der Waals surface area (Å²) < 4.78 is 17.1. The van der Waals surface area contributed by atoms with Crippen molar-refractivity contribution in [2.75, 3.05) is 13.2 Å². The third-order valence-electron chi connectivity index (χ3n) is 3.21. The second-order valence-corrected chi connectivity index (χ2v) is 5.34. The van der Waals surface area contributed by atoms with E-state index in [4.69, 9.17) is 14.0 Å². The van der Waals surface area contributed by atoms with Gasteiger partial charge in [-0.15, -0.1) is 0 Å². The Morgan fingerprint density at radius 3 is 2.94 bits per heavy atom. The lowest BCUT2D eigenvalue weighted by molar-refractivity contribution is 0.137. The van der Waals surface area contributed by atoms with Crippen LogP contribution in [0, 0.1) is 0 Å². The fraction of sp³-hybridized carbons (Fsp3) is 0.538. The Labute approximate surface area is 102 Å². The Bertz CT molecular complexity index is 431. The van der Waals surface area contributed by atoms with Crippen molar-refractivity contribution in [3.05, 3.63) is 23.8 Å². The first kappa shape index (κ1) is 11.1. The van der Waals surface area contributed by atoms with E-state index in [2.05, 4.69) is 19.9 Å². The van der Waals surface area contributed by atoms with Crippen LogP contribution < -0.4 is 10.2 Å². The molecule has 0 radical (unpaired) electrons. The van der Waals surface area contributed by atoms with E-state index in [0.29, 0.717) is 6.61 Å². The van der Waals surface area contributed by atoms with Crippen LogP contribution in [0.15, 0.2) is 18.2 Å². The molecule has 0 saturated carbocycles. The first-order valence-electron chi connectivity index (χ1n) is 6.19. The molecule has 3 nitrogen and oxygen atoms in total. The molecule has 0 bridgehead atoms. The molecule has 1 aromatic carbocycles. The summed E-state index contributed by atoms with van der Waals surface area (Å²) in [6.07, 6.45) is 2.17. The summed E-state index contributed by atoms with van der Waals surface area (Å²) in [6.45, 7) is 5.57. The molecule has 4 heteroatoms. The van der Waals surface area contributed by atoms with Crippen molar-refractivity contribution in [2.45, 2.75) is 32.3 Å². The van der Waals surface area contributed by atoms with Crippen molar-refractivity contribution >= 4 is 12.6 Å². The van der Waals surface area contributed by atoms with Crippen molar-refractivity contribution in [3.8, 4) is 5.75 Å². The molecule has 2 heterocycles. The van der Waals surface area contributed by atoms with Gasteiger partial charge in [-0.3, -0.25) is 0 Å². The monoisotopic (exact) mass is 232 g/mol.